The van der Waals surface area contributed by atoms with Crippen molar-refractivity contribution in [3.05, 3.63) is 0 Å². The van der Waals surface area contributed by atoms with Gasteiger partial charge in [0.25, 0.3) is 0 Å². The maximum Gasteiger partial charge on any atom is 0.503 e. The first-order valence-corrected chi connectivity index (χ1v) is 6.41. The third-order valence-electron chi connectivity index (χ3n) is 0. The van der Waals surface area contributed by atoms with E-state index in [-0.39, 0.29) is 17.1 Å². The van der Waals surface area contributed by atoms with Gasteiger partial charge in [-0.3, -0.25) is 0 Å². The average molecular weight is 415 g/mol. The van der Waals surface area contributed by atoms with E-state index in [0.717, 1.165) is 0 Å². The summed E-state index contributed by atoms with van der Waals surface area (Å²) in [5, 5.41) is 0. The fourth-order valence-electron chi connectivity index (χ4n) is 0. The van der Waals surface area contributed by atoms with E-state index in [1.165, 1.54) is 0 Å². The molecule has 0 bridgehead atoms. The van der Waals surface area contributed by atoms with Crippen molar-refractivity contribution in [2.24, 2.45) is 0 Å². The van der Waals surface area contributed by atoms with Crippen LogP contribution in [-0.4, -0.2) is 6.87 Å². The van der Waals surface area contributed by atoms with Gasteiger partial charge in [0.2, 0.25) is 0 Å². The summed E-state index contributed by atoms with van der Waals surface area (Å²) in [6.07, 6.45) is 0. The Bertz CT molecular complexity index is 26.5. The zero-order valence-corrected chi connectivity index (χ0v) is 8.84. The molecule has 0 aliphatic carbocycles. The van der Waals surface area contributed by atoms with Gasteiger partial charge in [0.05, 0.1) is 0 Å². The number of hydrogen-bond donors (Lipinski definition) is 2. The summed E-state index contributed by atoms with van der Waals surface area (Å²) in [6.45, 7) is 0. The largest absolute Gasteiger partial charge is 0.503 e. The summed E-state index contributed by atoms with van der Waals surface area (Å²) in [7, 11) is 0. The van der Waals surface area contributed by atoms with E-state index < -0.39 is 42.1 Å². The topological polar surface area (TPSA) is 133 Å². The Hall–Kier alpha value is 1.74. The molecule has 6 nitrogen and oxygen atoms in total. The molecule has 0 saturated carbocycles. The van der Waals surface area contributed by atoms with E-state index in [1.54, 1.807) is 0 Å². The van der Waals surface area contributed by atoms with Crippen LogP contribution in [0.4, 0.5) is 0 Å². The van der Waals surface area contributed by atoms with Gasteiger partial charge in [-0.05, 0) is 6.87 Å². The van der Waals surface area contributed by atoms with Gasteiger partial charge in [0.15, 0.2) is 0 Å². The van der Waals surface area contributed by atoms with Gasteiger partial charge in [0, 0.05) is 17.1 Å². The van der Waals surface area contributed by atoms with Crippen LogP contribution in [0.5, 0.6) is 0 Å². The Morgan fingerprint density at radius 1 is 0.778 bits per heavy atom. The maximum atomic E-state index is 8.68. The summed E-state index contributed by atoms with van der Waals surface area (Å²) in [6, 6.07) is 0. The summed E-state index contributed by atoms with van der Waals surface area (Å²) < 4.78 is 48.9. The Labute approximate surface area is 79.1 Å². The summed E-state index contributed by atoms with van der Waals surface area (Å²) >= 11 is -7.53. The molecule has 2 N–H and O–H groups in total. The molecule has 0 heterocycles. The first-order valence-electron chi connectivity index (χ1n) is 0.955. The van der Waals surface area contributed by atoms with E-state index >= 15 is 0 Å². The van der Waals surface area contributed by atoms with Crippen LogP contribution in [0.1, 0.15) is 0 Å². The monoisotopic (exact) mass is 415 g/mol. The molecule has 9 heteroatoms. The molecular formula is H2CuI2O6. The molecule has 0 aromatic carbocycles. The van der Waals surface area contributed by atoms with E-state index in [2.05, 4.69) is 0 Å². The van der Waals surface area contributed by atoms with Crippen LogP contribution in [0.3, 0.4) is 0 Å². The van der Waals surface area contributed by atoms with Crippen molar-refractivity contribution < 1.29 is 79.8 Å². The van der Waals surface area contributed by atoms with Gasteiger partial charge in [-0.15, -0.1) is 0 Å². The maximum absolute atomic E-state index is 8.68. The molecule has 0 saturated heterocycles. The predicted molar refractivity (Wildman–Crippen MR) is 4.44 cm³/mol. The summed E-state index contributed by atoms with van der Waals surface area (Å²) in [5.41, 5.74) is 0. The molecule has 0 amide bonds. The number of hydrogen-bond acceptors (Lipinski definition) is 6. The molecule has 0 rings (SSSR count). The van der Waals surface area contributed by atoms with Crippen molar-refractivity contribution in [1.29, 1.82) is 0 Å². The minimum absolute atomic E-state index is 0. The summed E-state index contributed by atoms with van der Waals surface area (Å²) in [5.74, 6) is 0. The molecule has 0 aliphatic rings. The van der Waals surface area contributed by atoms with Crippen molar-refractivity contribution in [3.8, 4) is 0 Å². The molecule has 1 radical (unpaired) electrons. The second kappa shape index (κ2) is 12.4. The minimum atomic E-state index is -3.76. The van der Waals surface area contributed by atoms with Gasteiger partial charge in [0.1, 0.15) is 0 Å². The quantitative estimate of drug-likeness (QED) is 0.298. The Morgan fingerprint density at radius 3 is 0.778 bits per heavy atom. The molecule has 0 spiro atoms. The van der Waals surface area contributed by atoms with Gasteiger partial charge >= 0.3 is 42.1 Å². The molecule has 9 heavy (non-hydrogen) atoms. The number of halogens is 2. The van der Waals surface area contributed by atoms with E-state index in [1.807, 2.05) is 0 Å². The van der Waals surface area contributed by atoms with Crippen LogP contribution in [0.15, 0.2) is 0 Å². The van der Waals surface area contributed by atoms with E-state index in [4.69, 9.17) is 20.6 Å². The normalized spacial score (nSPS) is 8.00. The fraction of sp³-hybridized carbons (Fsp3) is 0. The molecule has 0 aliphatic heterocycles. The smallest absolute Gasteiger partial charge is 0.396 e. The van der Waals surface area contributed by atoms with Crippen LogP contribution in [0.25, 0.3) is 0 Å². The van der Waals surface area contributed by atoms with Crippen LogP contribution in [0.2, 0.25) is 0 Å². The second-order valence-electron chi connectivity index (χ2n) is 0.402. The van der Waals surface area contributed by atoms with Gasteiger partial charge in [-0.1, -0.05) is 0 Å². The van der Waals surface area contributed by atoms with E-state index in [0.29, 0.717) is 0 Å². The zero-order chi connectivity index (χ0) is 7.15. The first-order chi connectivity index (χ1) is 3.46. The molecule has 0 aromatic rings. The van der Waals surface area contributed by atoms with Gasteiger partial charge in [-0.2, -0.15) is 0 Å². The molecule has 0 atom stereocenters. The molecule has 0 aromatic heterocycles. The van der Waals surface area contributed by atoms with Crippen molar-refractivity contribution in [2.75, 3.05) is 0 Å². The minimum Gasteiger partial charge on any atom is -0.396 e. The fourth-order valence-corrected chi connectivity index (χ4v) is 0. The van der Waals surface area contributed by atoms with Crippen LogP contribution in [-0.2, 0) is 17.1 Å². The van der Waals surface area contributed by atoms with Gasteiger partial charge in [-0.25, -0.2) is 0 Å². The van der Waals surface area contributed by atoms with Crippen molar-refractivity contribution in [3.63, 3.8) is 0 Å². The average Bonchev–Trinajstić information content (AvgIpc) is 1.25. The van der Waals surface area contributed by atoms with Crippen molar-refractivity contribution in [1.82, 2.24) is 0 Å². The molecule has 0 unspecified atom stereocenters. The summed E-state index contributed by atoms with van der Waals surface area (Å²) in [4.78, 5) is 0. The predicted octanol–water partition coefficient (Wildman–Crippen LogP) is -11.9. The third kappa shape index (κ3) is 193. The van der Waals surface area contributed by atoms with Crippen LogP contribution < -0.4 is 55.9 Å². The van der Waals surface area contributed by atoms with Crippen LogP contribution in [0, 0.1) is 0 Å². The Balaban J connectivity index is -0.0000000720. The second-order valence-corrected chi connectivity index (χ2v) is 2.70. The van der Waals surface area contributed by atoms with Crippen LogP contribution >= 0.6 is 0 Å². The number of rotatable bonds is 0. The molecule has 63 valence electrons. The third-order valence-corrected chi connectivity index (χ3v) is 0. The Morgan fingerprint density at radius 2 is 0.778 bits per heavy atom. The van der Waals surface area contributed by atoms with Crippen molar-refractivity contribution >= 4 is 0 Å². The van der Waals surface area contributed by atoms with E-state index in [9.17, 15) is 0 Å². The SMILES string of the molecule is [Cu].[O-][I+2]([O-])O.[O-][I+2]([O-])O. The first kappa shape index (κ1) is 17.0. The molecular weight excluding hydrogens is 413 g/mol. The van der Waals surface area contributed by atoms with Gasteiger partial charge < -0.3 is 13.7 Å². The zero-order valence-electron chi connectivity index (χ0n) is 3.58. The van der Waals surface area contributed by atoms with Crippen molar-refractivity contribution in [2.45, 2.75) is 0 Å². The molecule has 0 fully saturated rings. The standard InChI is InChI=1S/Cu.2HIO3/c;2*2-1(3)4/h;2*2H. The Kier molecular flexibility index (Phi) is 23.5.